The lowest BCUT2D eigenvalue weighted by Gasteiger charge is -2.08. The van der Waals surface area contributed by atoms with Crippen LogP contribution in [0.4, 0.5) is 5.95 Å². The lowest BCUT2D eigenvalue weighted by Crippen LogP contribution is -2.15. The van der Waals surface area contributed by atoms with E-state index in [0.717, 1.165) is 0 Å². The first kappa shape index (κ1) is 8.64. The van der Waals surface area contributed by atoms with Gasteiger partial charge in [-0.05, 0) is 18.9 Å². The molecule has 0 atom stereocenters. The topological polar surface area (TPSA) is 55.1 Å². The molecule has 5 nitrogen and oxygen atoms in total. The van der Waals surface area contributed by atoms with Gasteiger partial charge in [-0.3, -0.25) is 0 Å². The Hall–Kier alpha value is -1.65. The number of anilines is 1. The van der Waals surface area contributed by atoms with Crippen molar-refractivity contribution in [1.82, 2.24) is 19.6 Å². The molecule has 2 aromatic heterocycles. The summed E-state index contributed by atoms with van der Waals surface area (Å²) in [4.78, 5) is 8.43. The second-order valence-electron chi connectivity index (χ2n) is 3.93. The van der Waals surface area contributed by atoms with Gasteiger partial charge in [-0.2, -0.15) is 4.98 Å². The highest BCUT2D eigenvalue weighted by molar-refractivity contribution is 5.36. The van der Waals surface area contributed by atoms with Gasteiger partial charge in [-0.15, -0.1) is 5.10 Å². The first-order valence-electron chi connectivity index (χ1n) is 5.36. The summed E-state index contributed by atoms with van der Waals surface area (Å²) in [5, 5.41) is 7.66. The predicted octanol–water partition coefficient (Wildman–Crippen LogP) is 1.48. The van der Waals surface area contributed by atoms with Crippen LogP contribution in [-0.2, 0) is 0 Å². The second-order valence-corrected chi connectivity index (χ2v) is 3.93. The summed E-state index contributed by atoms with van der Waals surface area (Å²) in [6.45, 7) is 0. The Morgan fingerprint density at radius 2 is 2.20 bits per heavy atom. The molecule has 5 heteroatoms. The van der Waals surface area contributed by atoms with Crippen molar-refractivity contribution >= 4 is 11.7 Å². The Bertz CT molecular complexity index is 425. The molecular weight excluding hydrogens is 190 g/mol. The number of rotatable bonds is 2. The largest absolute Gasteiger partial charge is 0.350 e. The van der Waals surface area contributed by atoms with Crippen molar-refractivity contribution in [3.05, 3.63) is 18.5 Å². The van der Waals surface area contributed by atoms with Gasteiger partial charge >= 0.3 is 0 Å². The Morgan fingerprint density at radius 1 is 1.33 bits per heavy atom. The fourth-order valence-corrected chi connectivity index (χ4v) is 2.05. The maximum absolute atomic E-state index is 4.31. The minimum absolute atomic E-state index is 0.544. The molecule has 0 bridgehead atoms. The van der Waals surface area contributed by atoms with E-state index in [2.05, 4.69) is 20.4 Å². The lowest BCUT2D eigenvalue weighted by molar-refractivity contribution is 0.743. The molecule has 2 heterocycles. The van der Waals surface area contributed by atoms with Crippen LogP contribution in [0.3, 0.4) is 0 Å². The molecule has 0 spiro atoms. The monoisotopic (exact) mass is 203 g/mol. The summed E-state index contributed by atoms with van der Waals surface area (Å²) in [5.74, 6) is 1.35. The summed E-state index contributed by atoms with van der Waals surface area (Å²) in [5.41, 5.74) is 0. The Kier molecular flexibility index (Phi) is 2.01. The van der Waals surface area contributed by atoms with Crippen LogP contribution in [0.15, 0.2) is 18.5 Å². The third kappa shape index (κ3) is 1.65. The molecule has 1 saturated carbocycles. The highest BCUT2D eigenvalue weighted by Gasteiger charge is 2.16. The van der Waals surface area contributed by atoms with Gasteiger partial charge in [0.05, 0.1) is 0 Å². The molecule has 0 aliphatic heterocycles. The van der Waals surface area contributed by atoms with Crippen molar-refractivity contribution in [2.45, 2.75) is 31.7 Å². The summed E-state index contributed by atoms with van der Waals surface area (Å²) in [6.07, 6.45) is 8.65. The van der Waals surface area contributed by atoms with Crippen molar-refractivity contribution in [1.29, 1.82) is 0 Å². The highest BCUT2D eigenvalue weighted by Crippen LogP contribution is 2.20. The summed E-state index contributed by atoms with van der Waals surface area (Å²) in [7, 11) is 0. The Labute approximate surface area is 87.5 Å². The predicted molar refractivity (Wildman–Crippen MR) is 56.7 cm³/mol. The van der Waals surface area contributed by atoms with Crippen LogP contribution in [0, 0.1) is 0 Å². The van der Waals surface area contributed by atoms with Crippen molar-refractivity contribution in [2.75, 3.05) is 5.32 Å². The smallest absolute Gasteiger partial charge is 0.253 e. The van der Waals surface area contributed by atoms with Gasteiger partial charge in [0.1, 0.15) is 0 Å². The number of hydrogen-bond acceptors (Lipinski definition) is 4. The molecule has 3 rings (SSSR count). The van der Waals surface area contributed by atoms with E-state index in [4.69, 9.17) is 0 Å². The minimum atomic E-state index is 0.544. The number of nitrogens with one attached hydrogen (secondary N) is 1. The highest BCUT2D eigenvalue weighted by atomic mass is 15.4. The zero-order valence-corrected chi connectivity index (χ0v) is 8.43. The van der Waals surface area contributed by atoms with E-state index in [1.807, 2.05) is 12.3 Å². The summed E-state index contributed by atoms with van der Waals surface area (Å²) < 4.78 is 1.69. The standard InChI is InChI=1S/C10H13N5/c1-2-5-8(4-1)12-9-13-10-11-6-3-7-15(10)14-9/h3,6-8H,1-2,4-5H2,(H,12,14). The molecule has 1 aliphatic carbocycles. The van der Waals surface area contributed by atoms with Crippen LogP contribution < -0.4 is 5.32 Å². The first-order chi connectivity index (χ1) is 7.42. The zero-order chi connectivity index (χ0) is 10.1. The van der Waals surface area contributed by atoms with Gasteiger partial charge < -0.3 is 5.32 Å². The lowest BCUT2D eigenvalue weighted by atomic mass is 10.3. The van der Waals surface area contributed by atoms with Gasteiger partial charge in [0, 0.05) is 18.4 Å². The third-order valence-corrected chi connectivity index (χ3v) is 2.81. The molecule has 0 radical (unpaired) electrons. The fourth-order valence-electron chi connectivity index (χ4n) is 2.05. The van der Waals surface area contributed by atoms with Gasteiger partial charge in [0.25, 0.3) is 5.78 Å². The molecule has 1 fully saturated rings. The van der Waals surface area contributed by atoms with Crippen molar-refractivity contribution in [3.8, 4) is 0 Å². The molecule has 0 unspecified atom stereocenters. The van der Waals surface area contributed by atoms with Crippen molar-refractivity contribution < 1.29 is 0 Å². The normalized spacial score (nSPS) is 17.3. The maximum Gasteiger partial charge on any atom is 0.253 e. The number of fused-ring (bicyclic) bond motifs is 1. The first-order valence-corrected chi connectivity index (χ1v) is 5.36. The van der Waals surface area contributed by atoms with E-state index in [9.17, 15) is 0 Å². The number of hydrogen-bond donors (Lipinski definition) is 1. The van der Waals surface area contributed by atoms with E-state index in [1.54, 1.807) is 10.7 Å². The average molecular weight is 203 g/mol. The third-order valence-electron chi connectivity index (χ3n) is 2.81. The molecule has 0 amide bonds. The van der Waals surface area contributed by atoms with Crippen LogP contribution in [-0.4, -0.2) is 25.6 Å². The second kappa shape index (κ2) is 3.49. The molecule has 1 aliphatic rings. The number of aromatic nitrogens is 4. The molecule has 0 aromatic carbocycles. The van der Waals surface area contributed by atoms with Crippen molar-refractivity contribution in [3.63, 3.8) is 0 Å². The molecule has 78 valence electrons. The van der Waals surface area contributed by atoms with Gasteiger partial charge in [0.2, 0.25) is 5.95 Å². The van der Waals surface area contributed by atoms with Crippen LogP contribution in [0.1, 0.15) is 25.7 Å². The van der Waals surface area contributed by atoms with E-state index in [1.165, 1.54) is 25.7 Å². The summed E-state index contributed by atoms with van der Waals surface area (Å²) in [6, 6.07) is 2.39. The van der Waals surface area contributed by atoms with E-state index >= 15 is 0 Å². The van der Waals surface area contributed by atoms with Gasteiger partial charge in [-0.25, -0.2) is 9.50 Å². The molecular formula is C10H13N5. The van der Waals surface area contributed by atoms with E-state index in [-0.39, 0.29) is 0 Å². The van der Waals surface area contributed by atoms with Crippen LogP contribution >= 0.6 is 0 Å². The summed E-state index contributed by atoms with van der Waals surface area (Å²) >= 11 is 0. The maximum atomic E-state index is 4.31. The Morgan fingerprint density at radius 3 is 3.00 bits per heavy atom. The number of nitrogens with zero attached hydrogens (tertiary/aromatic N) is 4. The van der Waals surface area contributed by atoms with E-state index in [0.29, 0.717) is 17.8 Å². The molecule has 0 saturated heterocycles. The minimum Gasteiger partial charge on any atom is -0.350 e. The molecule has 15 heavy (non-hydrogen) atoms. The van der Waals surface area contributed by atoms with Crippen LogP contribution in [0.25, 0.3) is 5.78 Å². The van der Waals surface area contributed by atoms with Gasteiger partial charge in [-0.1, -0.05) is 12.8 Å². The van der Waals surface area contributed by atoms with Crippen LogP contribution in [0.2, 0.25) is 0 Å². The van der Waals surface area contributed by atoms with E-state index < -0.39 is 0 Å². The molecule has 1 N–H and O–H groups in total. The zero-order valence-electron chi connectivity index (χ0n) is 8.43. The fraction of sp³-hybridized carbons (Fsp3) is 0.500. The average Bonchev–Trinajstić information content (AvgIpc) is 2.86. The Balaban J connectivity index is 1.84. The van der Waals surface area contributed by atoms with Crippen molar-refractivity contribution in [2.24, 2.45) is 0 Å². The SMILES string of the molecule is c1cnc2nc(NC3CCCC3)nn2c1. The quantitative estimate of drug-likeness (QED) is 0.803. The van der Waals surface area contributed by atoms with Crippen LogP contribution in [0.5, 0.6) is 0 Å². The van der Waals surface area contributed by atoms with Gasteiger partial charge in [0.15, 0.2) is 0 Å². The molecule has 2 aromatic rings.